The summed E-state index contributed by atoms with van der Waals surface area (Å²) < 4.78 is 29.6. The van der Waals surface area contributed by atoms with Gasteiger partial charge in [-0.2, -0.15) is 0 Å². The van der Waals surface area contributed by atoms with Crippen LogP contribution in [0.4, 0.5) is 8.60 Å². The van der Waals surface area contributed by atoms with Gasteiger partial charge < -0.3 is 0 Å². The number of hydrogen-bond donors (Lipinski definition) is 0. The van der Waals surface area contributed by atoms with Crippen LogP contribution in [0.25, 0.3) is 0 Å². The molecule has 26 valence electrons. The van der Waals surface area contributed by atoms with Crippen LogP contribution in [0.5, 0.6) is 0 Å². The summed E-state index contributed by atoms with van der Waals surface area (Å²) in [6.07, 6.45) is 0. The van der Waals surface area contributed by atoms with Gasteiger partial charge >= 0.3 is 30.1 Å². The molecule has 0 aliphatic rings. The van der Waals surface area contributed by atoms with Crippen molar-refractivity contribution in [1.29, 1.82) is 0 Å². The van der Waals surface area contributed by atoms with E-state index in [0.717, 1.165) is 0 Å². The van der Waals surface area contributed by atoms with Gasteiger partial charge in [0.1, 0.15) is 0 Å². The Kier molecular flexibility index (Phi) is 14.1. The van der Waals surface area contributed by atoms with Gasteiger partial charge in [-0.15, -0.1) is 0 Å². The maximum absolute atomic E-state index is 9.86. The van der Waals surface area contributed by atoms with Crippen molar-refractivity contribution in [3.05, 3.63) is 0 Å². The van der Waals surface area contributed by atoms with Crippen LogP contribution in [0, 0.1) is 0 Å². The standard InChI is InChI=1S/Cs.3FH.Sn/h;3*1H;/q;;;;+3/p-3. The zero-order valence-corrected chi connectivity index (χ0v) is 11.8. The second kappa shape index (κ2) is 6.64. The van der Waals surface area contributed by atoms with E-state index in [4.69, 9.17) is 0 Å². The van der Waals surface area contributed by atoms with Gasteiger partial charge in [0.2, 0.25) is 0 Å². The molecular formula is CsF3Sn. The van der Waals surface area contributed by atoms with Crippen LogP contribution in [0.15, 0.2) is 0 Å². The van der Waals surface area contributed by atoms with Gasteiger partial charge in [-0.05, 0) is 0 Å². The first kappa shape index (κ1) is 10.6. The molecule has 5 heteroatoms. The molecule has 0 heterocycles. The summed E-state index contributed by atoms with van der Waals surface area (Å²) in [5, 5.41) is 0. The first-order valence-electron chi connectivity index (χ1n) is 0.567. The average molecular weight is 309 g/mol. The molecule has 0 aromatic rings. The van der Waals surface area contributed by atoms with Crippen molar-refractivity contribution in [3.8, 4) is 0 Å². The zero-order valence-electron chi connectivity index (χ0n) is 2.63. The number of halogens is 3. The van der Waals surface area contributed by atoms with Gasteiger partial charge in [-0.1, -0.05) is 0 Å². The van der Waals surface area contributed by atoms with Crippen LogP contribution in [0.3, 0.4) is 0 Å². The second-order valence-corrected chi connectivity index (χ2v) is 1.44. The van der Waals surface area contributed by atoms with E-state index in [1.54, 1.807) is 0 Å². The van der Waals surface area contributed by atoms with Gasteiger partial charge in [0, 0.05) is 68.9 Å². The van der Waals surface area contributed by atoms with Gasteiger partial charge in [0.15, 0.2) is 0 Å². The maximum atomic E-state index is 9.86. The fourth-order valence-electron chi connectivity index (χ4n) is 0. The SMILES string of the molecule is [Cs].[F][Sn]([F])[F]. The van der Waals surface area contributed by atoms with Crippen molar-refractivity contribution >= 4 is 90.4 Å². The summed E-state index contributed by atoms with van der Waals surface area (Å²) >= 11 is -5.04. The Balaban J connectivity index is 0. The van der Waals surface area contributed by atoms with Crippen LogP contribution in [0.1, 0.15) is 0 Å². The van der Waals surface area contributed by atoms with Gasteiger partial charge in [0.25, 0.3) is 0 Å². The van der Waals surface area contributed by atoms with Crippen molar-refractivity contribution in [3.63, 3.8) is 0 Å². The van der Waals surface area contributed by atoms with Crippen LogP contribution in [-0.2, 0) is 0 Å². The molecule has 0 saturated heterocycles. The van der Waals surface area contributed by atoms with Gasteiger partial charge in [-0.25, -0.2) is 0 Å². The van der Waals surface area contributed by atoms with E-state index in [2.05, 4.69) is 0 Å². The number of hydrogen-bond acceptors (Lipinski definition) is 0. The Bertz CT molecular complexity index is 11.6. The molecule has 0 nitrogen and oxygen atoms in total. The molecule has 0 atom stereocenters. The van der Waals surface area contributed by atoms with Crippen LogP contribution >= 0.6 is 0 Å². The van der Waals surface area contributed by atoms with E-state index in [0.29, 0.717) is 0 Å². The number of rotatable bonds is 0. The van der Waals surface area contributed by atoms with Gasteiger partial charge in [-0.3, -0.25) is 0 Å². The Morgan fingerprint density at radius 2 is 1.00 bits per heavy atom. The molecule has 5 heavy (non-hydrogen) atoms. The summed E-state index contributed by atoms with van der Waals surface area (Å²) in [7, 11) is 0. The van der Waals surface area contributed by atoms with Crippen LogP contribution < -0.4 is 0 Å². The molecule has 0 rings (SSSR count). The molecule has 0 aliphatic carbocycles. The van der Waals surface area contributed by atoms with Crippen molar-refractivity contribution in [2.45, 2.75) is 0 Å². The van der Waals surface area contributed by atoms with E-state index in [1.165, 1.54) is 0 Å². The molecule has 0 amide bonds. The minimum absolute atomic E-state index is 0. The Morgan fingerprint density at radius 3 is 1.00 bits per heavy atom. The molecule has 0 aromatic carbocycles. The average Bonchev–Trinajstić information content (AvgIpc) is 0.811. The quantitative estimate of drug-likeness (QED) is 0.572. The Morgan fingerprint density at radius 1 is 1.00 bits per heavy atom. The summed E-state index contributed by atoms with van der Waals surface area (Å²) in [5.74, 6) is 0. The Labute approximate surface area is 96.0 Å². The van der Waals surface area contributed by atoms with E-state index in [9.17, 15) is 8.60 Å². The summed E-state index contributed by atoms with van der Waals surface area (Å²) in [6, 6.07) is 0. The molecule has 0 aromatic heterocycles. The topological polar surface area (TPSA) is 0 Å². The van der Waals surface area contributed by atoms with E-state index in [1.807, 2.05) is 0 Å². The van der Waals surface area contributed by atoms with E-state index < -0.39 is 21.5 Å². The van der Waals surface area contributed by atoms with Crippen molar-refractivity contribution in [2.75, 3.05) is 0 Å². The van der Waals surface area contributed by atoms with Gasteiger partial charge in [0.05, 0.1) is 0 Å². The molecule has 0 spiro atoms. The third kappa shape index (κ3) is 20.5. The predicted molar refractivity (Wildman–Crippen MR) is 14.8 cm³/mol. The molecule has 0 aliphatic heterocycles. The predicted octanol–water partition coefficient (Wildman–Crippen LogP) is 0.499. The van der Waals surface area contributed by atoms with Crippen molar-refractivity contribution < 1.29 is 8.60 Å². The monoisotopic (exact) mass is 310 g/mol. The van der Waals surface area contributed by atoms with E-state index in [-0.39, 0.29) is 68.9 Å². The Hall–Kier alpha value is 2.64. The molecule has 0 N–H and O–H groups in total. The summed E-state index contributed by atoms with van der Waals surface area (Å²) in [6.45, 7) is 0. The van der Waals surface area contributed by atoms with Crippen molar-refractivity contribution in [2.24, 2.45) is 0 Å². The third-order valence-electron chi connectivity index (χ3n) is 0. The first-order chi connectivity index (χ1) is 1.73. The normalized spacial score (nSPS) is 7.20. The molecule has 0 fully saturated rings. The van der Waals surface area contributed by atoms with E-state index >= 15 is 0 Å². The zero-order chi connectivity index (χ0) is 3.58. The molecule has 0 saturated carbocycles. The third-order valence-corrected chi connectivity index (χ3v) is 0. The fraction of sp³-hybridized carbons (Fsp3) is 0. The summed E-state index contributed by atoms with van der Waals surface area (Å²) in [4.78, 5) is 0. The summed E-state index contributed by atoms with van der Waals surface area (Å²) in [5.41, 5.74) is 0. The fourth-order valence-corrected chi connectivity index (χ4v) is 0. The molecular weight excluding hydrogens is 309 g/mol. The minimum atomic E-state index is -5.04. The first-order valence-corrected chi connectivity index (χ1v) is 3.80. The van der Waals surface area contributed by atoms with Crippen LogP contribution in [-0.4, -0.2) is 90.4 Å². The second-order valence-electron chi connectivity index (χ2n) is 0.214. The van der Waals surface area contributed by atoms with Crippen molar-refractivity contribution in [1.82, 2.24) is 0 Å². The molecule has 0 bridgehead atoms. The molecule has 2 radical (unpaired) electrons. The van der Waals surface area contributed by atoms with Crippen LogP contribution in [0.2, 0.25) is 0 Å². The molecule has 0 unspecified atom stereocenters.